The van der Waals surface area contributed by atoms with Gasteiger partial charge in [-0.3, -0.25) is 4.79 Å². The Kier molecular flexibility index (Phi) is 6.95. The first kappa shape index (κ1) is 22.5. The summed E-state index contributed by atoms with van der Waals surface area (Å²) in [5.41, 5.74) is 3.75. The van der Waals surface area contributed by atoms with Crippen LogP contribution in [0.15, 0.2) is 47.4 Å². The van der Waals surface area contributed by atoms with Gasteiger partial charge in [-0.2, -0.15) is 4.31 Å². The van der Waals surface area contributed by atoms with Gasteiger partial charge in [0.2, 0.25) is 15.9 Å². The molecule has 1 saturated heterocycles. The highest BCUT2D eigenvalue weighted by atomic mass is 32.2. The molecule has 0 spiro atoms. The monoisotopic (exact) mass is 430 g/mol. The van der Waals surface area contributed by atoms with E-state index in [0.717, 1.165) is 25.2 Å². The molecular weight excluding hydrogens is 398 g/mol. The number of benzene rings is 2. The Morgan fingerprint density at radius 1 is 1.03 bits per heavy atom. The van der Waals surface area contributed by atoms with Gasteiger partial charge in [-0.15, -0.1) is 0 Å². The van der Waals surface area contributed by atoms with Crippen molar-refractivity contribution < 1.29 is 18.1 Å². The van der Waals surface area contributed by atoms with Crippen LogP contribution < -0.4 is 4.90 Å². The summed E-state index contributed by atoms with van der Waals surface area (Å²) in [6.45, 7) is 9.40. The molecule has 1 heterocycles. The second-order valence-electron chi connectivity index (χ2n) is 8.28. The molecule has 1 amide bonds. The van der Waals surface area contributed by atoms with Crippen molar-refractivity contribution in [2.45, 2.75) is 32.2 Å². The fourth-order valence-corrected chi connectivity index (χ4v) is 5.76. The normalized spacial score (nSPS) is 15.6. The number of hydrogen-bond acceptors (Lipinski definition) is 3. The highest BCUT2D eigenvalue weighted by Crippen LogP contribution is 2.24. The van der Waals surface area contributed by atoms with Gasteiger partial charge in [0.25, 0.3) is 0 Å². The van der Waals surface area contributed by atoms with Crippen molar-refractivity contribution in [3.8, 4) is 0 Å². The zero-order chi connectivity index (χ0) is 21.9. The lowest BCUT2D eigenvalue weighted by Crippen LogP contribution is -3.13. The van der Waals surface area contributed by atoms with Crippen LogP contribution in [0.2, 0.25) is 0 Å². The maximum absolute atomic E-state index is 13.1. The average molecular weight is 431 g/mol. The topological polar surface area (TPSA) is 62.1 Å². The molecule has 0 aromatic heterocycles. The number of sulfonamides is 1. The lowest BCUT2D eigenvalue weighted by Gasteiger charge is -2.33. The lowest BCUT2D eigenvalue weighted by molar-refractivity contribution is -0.917. The fourth-order valence-electron chi connectivity index (χ4n) is 4.24. The van der Waals surface area contributed by atoms with Crippen molar-refractivity contribution in [2.24, 2.45) is 0 Å². The van der Waals surface area contributed by atoms with E-state index in [0.29, 0.717) is 29.1 Å². The minimum atomic E-state index is -3.72. The van der Waals surface area contributed by atoms with Gasteiger partial charge >= 0.3 is 0 Å². The number of aryl methyl sites for hydroxylation is 3. The van der Waals surface area contributed by atoms with Gasteiger partial charge in [-0.05, 0) is 31.9 Å². The van der Waals surface area contributed by atoms with E-state index in [1.807, 2.05) is 37.3 Å². The van der Waals surface area contributed by atoms with Crippen LogP contribution in [-0.2, 0) is 21.4 Å². The van der Waals surface area contributed by atoms with Crippen LogP contribution in [0, 0.1) is 20.8 Å². The Morgan fingerprint density at radius 2 is 1.60 bits per heavy atom. The molecule has 6 nitrogen and oxygen atoms in total. The third-order valence-corrected chi connectivity index (χ3v) is 7.86. The number of amides is 1. The largest absolute Gasteiger partial charge is 0.330 e. The van der Waals surface area contributed by atoms with Gasteiger partial charge in [0.05, 0.1) is 37.6 Å². The Balaban J connectivity index is 1.60. The summed E-state index contributed by atoms with van der Waals surface area (Å²) < 4.78 is 27.4. The van der Waals surface area contributed by atoms with E-state index >= 15 is 0 Å². The third kappa shape index (κ3) is 5.09. The Bertz CT molecular complexity index is 975. The van der Waals surface area contributed by atoms with Gasteiger partial charge in [0.15, 0.2) is 0 Å². The van der Waals surface area contributed by atoms with Crippen molar-refractivity contribution in [2.75, 3.05) is 39.8 Å². The number of likely N-dealkylation sites (N-methyl/N-ethyl adjacent to an activating group) is 1. The zero-order valence-electron chi connectivity index (χ0n) is 18.3. The van der Waals surface area contributed by atoms with Crippen LogP contribution >= 0.6 is 0 Å². The smallest absolute Gasteiger partial charge is 0.243 e. The molecule has 2 aromatic carbocycles. The minimum Gasteiger partial charge on any atom is -0.330 e. The molecule has 30 heavy (non-hydrogen) atoms. The molecule has 0 bridgehead atoms. The number of quaternary nitrogens is 1. The fraction of sp³-hybridized carbons (Fsp3) is 0.435. The summed E-state index contributed by atoms with van der Waals surface area (Å²) in [5.74, 6) is -0.137. The van der Waals surface area contributed by atoms with Crippen LogP contribution in [0.5, 0.6) is 0 Å². The first-order valence-corrected chi connectivity index (χ1v) is 11.8. The standard InChI is InChI=1S/C23H31N3O3S/c1-18-14-19(2)23(20(3)15-18)30(28,29)24(4)17-22(27)26-12-10-25(11-13-26)16-21-8-6-5-7-9-21/h5-9,14-15H,10-13,16-17H2,1-4H3/p+1. The second kappa shape index (κ2) is 9.29. The van der Waals surface area contributed by atoms with Crippen molar-refractivity contribution in [1.29, 1.82) is 0 Å². The summed E-state index contributed by atoms with van der Waals surface area (Å²) in [7, 11) is -2.23. The number of nitrogens with zero attached hydrogens (tertiary/aromatic N) is 2. The number of carbonyl (C=O) groups is 1. The molecule has 0 radical (unpaired) electrons. The van der Waals surface area contributed by atoms with Crippen molar-refractivity contribution >= 4 is 15.9 Å². The first-order chi connectivity index (χ1) is 14.2. The molecule has 2 aromatic rings. The summed E-state index contributed by atoms with van der Waals surface area (Å²) in [6, 6.07) is 14.1. The summed E-state index contributed by atoms with van der Waals surface area (Å²) in [5, 5.41) is 0. The summed E-state index contributed by atoms with van der Waals surface area (Å²) >= 11 is 0. The maximum atomic E-state index is 13.1. The molecule has 7 heteroatoms. The Hall–Kier alpha value is -2.22. The van der Waals surface area contributed by atoms with Gasteiger partial charge < -0.3 is 9.80 Å². The van der Waals surface area contributed by atoms with E-state index < -0.39 is 10.0 Å². The van der Waals surface area contributed by atoms with Gasteiger partial charge in [-0.25, -0.2) is 8.42 Å². The van der Waals surface area contributed by atoms with Crippen LogP contribution in [0.1, 0.15) is 22.3 Å². The van der Waals surface area contributed by atoms with Crippen molar-refractivity contribution in [3.05, 3.63) is 64.7 Å². The molecule has 1 fully saturated rings. The molecule has 0 atom stereocenters. The van der Waals surface area contributed by atoms with E-state index in [1.165, 1.54) is 21.8 Å². The van der Waals surface area contributed by atoms with Crippen molar-refractivity contribution in [1.82, 2.24) is 9.21 Å². The highest BCUT2D eigenvalue weighted by molar-refractivity contribution is 7.89. The summed E-state index contributed by atoms with van der Waals surface area (Å²) in [4.78, 5) is 16.3. The minimum absolute atomic E-state index is 0.136. The average Bonchev–Trinajstić information content (AvgIpc) is 2.68. The van der Waals surface area contributed by atoms with E-state index in [4.69, 9.17) is 0 Å². The van der Waals surface area contributed by atoms with Crippen LogP contribution in [0.4, 0.5) is 0 Å². The number of nitrogens with one attached hydrogen (secondary N) is 1. The molecule has 1 aliphatic rings. The molecule has 1 N–H and O–H groups in total. The molecule has 162 valence electrons. The Morgan fingerprint density at radius 3 is 2.17 bits per heavy atom. The number of piperazine rings is 1. The lowest BCUT2D eigenvalue weighted by atomic mass is 10.1. The van der Waals surface area contributed by atoms with Crippen LogP contribution in [-0.4, -0.2) is 63.3 Å². The van der Waals surface area contributed by atoms with E-state index in [-0.39, 0.29) is 12.5 Å². The number of rotatable bonds is 6. The molecular formula is C23H32N3O3S+. The summed E-state index contributed by atoms with van der Waals surface area (Å²) in [6.07, 6.45) is 0. The van der Waals surface area contributed by atoms with Crippen LogP contribution in [0.25, 0.3) is 0 Å². The molecule has 0 aliphatic carbocycles. The third-order valence-electron chi connectivity index (χ3n) is 5.75. The van der Waals surface area contributed by atoms with Crippen molar-refractivity contribution in [3.63, 3.8) is 0 Å². The van der Waals surface area contributed by atoms with E-state index in [9.17, 15) is 13.2 Å². The maximum Gasteiger partial charge on any atom is 0.243 e. The van der Waals surface area contributed by atoms with E-state index in [2.05, 4.69) is 12.1 Å². The molecule has 0 unspecified atom stereocenters. The predicted molar refractivity (Wildman–Crippen MR) is 118 cm³/mol. The molecule has 1 aliphatic heterocycles. The van der Waals surface area contributed by atoms with E-state index in [1.54, 1.807) is 18.7 Å². The van der Waals surface area contributed by atoms with Gasteiger partial charge in [-0.1, -0.05) is 48.0 Å². The number of carbonyl (C=O) groups excluding carboxylic acids is 1. The highest BCUT2D eigenvalue weighted by Gasteiger charge is 2.30. The predicted octanol–water partition coefficient (Wildman–Crippen LogP) is 1.16. The quantitative estimate of drug-likeness (QED) is 0.748. The SMILES string of the molecule is Cc1cc(C)c(S(=O)(=O)N(C)CC(=O)N2CC[NH+](Cc3ccccc3)CC2)c(C)c1. The number of hydrogen-bond donors (Lipinski definition) is 1. The van der Waals surface area contributed by atoms with Gasteiger partial charge in [0, 0.05) is 12.6 Å². The molecule has 0 saturated carbocycles. The second-order valence-corrected chi connectivity index (χ2v) is 10.3. The first-order valence-electron chi connectivity index (χ1n) is 10.4. The van der Waals surface area contributed by atoms with Gasteiger partial charge in [0.1, 0.15) is 6.54 Å². The van der Waals surface area contributed by atoms with Crippen LogP contribution in [0.3, 0.4) is 0 Å². The zero-order valence-corrected chi connectivity index (χ0v) is 19.1. The Labute approximate surface area is 180 Å². The molecule has 3 rings (SSSR count).